The van der Waals surface area contributed by atoms with Crippen molar-refractivity contribution in [1.82, 2.24) is 4.98 Å². The zero-order valence-electron chi connectivity index (χ0n) is 12.6. The molecule has 114 valence electrons. The van der Waals surface area contributed by atoms with E-state index < -0.39 is 0 Å². The quantitative estimate of drug-likeness (QED) is 0.677. The molecule has 0 atom stereocenters. The molecule has 5 nitrogen and oxygen atoms in total. The summed E-state index contributed by atoms with van der Waals surface area (Å²) in [5, 5.41) is 14.0. The molecule has 2 heterocycles. The van der Waals surface area contributed by atoms with Gasteiger partial charge in [-0.15, -0.1) is 0 Å². The molecule has 0 saturated heterocycles. The topological polar surface area (TPSA) is 77.5 Å². The highest BCUT2D eigenvalue weighted by atomic mass is 16.3. The number of H-pyrrole nitrogens is 1. The van der Waals surface area contributed by atoms with Gasteiger partial charge in [0.15, 0.2) is 5.88 Å². The van der Waals surface area contributed by atoms with E-state index in [9.17, 15) is 9.90 Å². The highest BCUT2D eigenvalue weighted by Crippen LogP contribution is 2.35. The van der Waals surface area contributed by atoms with Gasteiger partial charge < -0.3 is 15.4 Å². The second kappa shape index (κ2) is 4.98. The van der Waals surface area contributed by atoms with E-state index in [1.165, 1.54) is 6.92 Å². The Bertz CT molecular complexity index is 970. The van der Waals surface area contributed by atoms with E-state index in [4.69, 9.17) is 0 Å². The smallest absolute Gasteiger partial charge is 0.221 e. The number of amides is 1. The lowest BCUT2D eigenvalue weighted by Crippen LogP contribution is -2.05. The molecule has 5 heteroatoms. The Labute approximate surface area is 132 Å². The molecule has 0 radical (unpaired) electrons. The third-order valence-corrected chi connectivity index (χ3v) is 3.99. The molecule has 2 aromatic carbocycles. The predicted octanol–water partition coefficient (Wildman–Crippen LogP) is 3.51. The lowest BCUT2D eigenvalue weighted by atomic mass is 10.0. The Balaban J connectivity index is 1.80. The standard InChI is InChI=1S/C18H15N3O2/c1-10(22)19-12-6-7-13-15(9-12)21-18(23)17(13)16-8-11-4-2-3-5-14(11)20-16/h2-7,9,21,23H,8H2,1H3,(H,19,22). The second-order valence-corrected chi connectivity index (χ2v) is 5.65. The van der Waals surface area contributed by atoms with E-state index in [0.29, 0.717) is 12.1 Å². The van der Waals surface area contributed by atoms with E-state index in [1.807, 2.05) is 42.5 Å². The fourth-order valence-corrected chi connectivity index (χ4v) is 3.04. The summed E-state index contributed by atoms with van der Waals surface area (Å²) in [5.41, 5.74) is 5.14. The molecule has 3 N–H and O–H groups in total. The summed E-state index contributed by atoms with van der Waals surface area (Å²) in [7, 11) is 0. The van der Waals surface area contributed by atoms with E-state index >= 15 is 0 Å². The van der Waals surface area contributed by atoms with E-state index in [2.05, 4.69) is 15.3 Å². The minimum atomic E-state index is -0.129. The molecule has 3 aromatic rings. The van der Waals surface area contributed by atoms with Crippen molar-refractivity contribution in [1.29, 1.82) is 0 Å². The van der Waals surface area contributed by atoms with Gasteiger partial charge in [-0.3, -0.25) is 9.79 Å². The van der Waals surface area contributed by atoms with Crippen LogP contribution in [0.4, 0.5) is 11.4 Å². The van der Waals surface area contributed by atoms with Crippen molar-refractivity contribution in [2.24, 2.45) is 4.99 Å². The molecule has 1 aliphatic rings. The summed E-state index contributed by atoms with van der Waals surface area (Å²) in [6.45, 7) is 1.46. The molecule has 1 aromatic heterocycles. The van der Waals surface area contributed by atoms with Gasteiger partial charge in [-0.25, -0.2) is 0 Å². The Morgan fingerprint density at radius 3 is 2.87 bits per heavy atom. The molecule has 0 aliphatic carbocycles. The number of hydrogen-bond acceptors (Lipinski definition) is 3. The molecule has 23 heavy (non-hydrogen) atoms. The number of carbonyl (C=O) groups is 1. The Morgan fingerprint density at radius 2 is 2.09 bits per heavy atom. The van der Waals surface area contributed by atoms with Crippen LogP contribution in [0.5, 0.6) is 5.88 Å². The highest BCUT2D eigenvalue weighted by molar-refractivity contribution is 6.16. The number of nitrogens with one attached hydrogen (secondary N) is 2. The van der Waals surface area contributed by atoms with Crippen LogP contribution in [0.15, 0.2) is 47.5 Å². The maximum absolute atomic E-state index is 11.2. The fourth-order valence-electron chi connectivity index (χ4n) is 3.04. The summed E-state index contributed by atoms with van der Waals surface area (Å²) in [6.07, 6.45) is 0.699. The number of aromatic amines is 1. The fraction of sp³-hybridized carbons (Fsp3) is 0.111. The van der Waals surface area contributed by atoms with E-state index in [0.717, 1.165) is 33.4 Å². The van der Waals surface area contributed by atoms with E-state index in [-0.39, 0.29) is 11.8 Å². The molecular weight excluding hydrogens is 290 g/mol. The van der Waals surface area contributed by atoms with Gasteiger partial charge in [-0.1, -0.05) is 18.2 Å². The first-order valence-electron chi connectivity index (χ1n) is 7.40. The van der Waals surface area contributed by atoms with Crippen LogP contribution < -0.4 is 5.32 Å². The van der Waals surface area contributed by atoms with Crippen molar-refractivity contribution in [3.63, 3.8) is 0 Å². The van der Waals surface area contributed by atoms with Gasteiger partial charge in [-0.2, -0.15) is 0 Å². The molecule has 0 saturated carbocycles. The molecule has 1 aliphatic heterocycles. The first-order chi connectivity index (χ1) is 11.1. The average molecular weight is 305 g/mol. The first kappa shape index (κ1) is 13.6. The minimum absolute atomic E-state index is 0.103. The molecular formula is C18H15N3O2. The van der Waals surface area contributed by atoms with Crippen molar-refractivity contribution in [3.05, 3.63) is 53.6 Å². The van der Waals surface area contributed by atoms with Crippen LogP contribution >= 0.6 is 0 Å². The lowest BCUT2D eigenvalue weighted by molar-refractivity contribution is -0.114. The summed E-state index contributed by atoms with van der Waals surface area (Å²) >= 11 is 0. The van der Waals surface area contributed by atoms with E-state index in [1.54, 1.807) is 0 Å². The van der Waals surface area contributed by atoms with Crippen LogP contribution in [0.2, 0.25) is 0 Å². The van der Waals surface area contributed by atoms with Gasteiger partial charge in [0, 0.05) is 24.4 Å². The summed E-state index contributed by atoms with van der Waals surface area (Å²) < 4.78 is 0. The maximum atomic E-state index is 11.2. The third-order valence-electron chi connectivity index (χ3n) is 3.99. The van der Waals surface area contributed by atoms with Gasteiger partial charge in [0.25, 0.3) is 0 Å². The van der Waals surface area contributed by atoms with Crippen molar-refractivity contribution in [3.8, 4) is 5.88 Å². The average Bonchev–Trinajstić information content (AvgIpc) is 3.05. The number of nitrogens with zero attached hydrogens (tertiary/aromatic N) is 1. The third kappa shape index (κ3) is 2.26. The van der Waals surface area contributed by atoms with Crippen LogP contribution in [0.3, 0.4) is 0 Å². The zero-order chi connectivity index (χ0) is 16.0. The molecule has 0 spiro atoms. The van der Waals surface area contributed by atoms with Gasteiger partial charge in [0.1, 0.15) is 0 Å². The number of aromatic hydroxyl groups is 1. The van der Waals surface area contributed by atoms with Crippen LogP contribution in [-0.4, -0.2) is 21.7 Å². The number of para-hydroxylation sites is 1. The number of fused-ring (bicyclic) bond motifs is 2. The van der Waals surface area contributed by atoms with Crippen LogP contribution in [-0.2, 0) is 11.2 Å². The van der Waals surface area contributed by atoms with Gasteiger partial charge in [0.2, 0.25) is 5.91 Å². The summed E-state index contributed by atoms with van der Waals surface area (Å²) in [5.74, 6) is -0.0255. The SMILES string of the molecule is CC(=O)Nc1ccc2c(C3=Nc4ccccc4C3)c(O)[nH]c2c1. The number of aliphatic imine (C=N–C) groups is 1. The first-order valence-corrected chi connectivity index (χ1v) is 7.40. The van der Waals surface area contributed by atoms with Crippen molar-refractivity contribution in [2.75, 3.05) is 5.32 Å². The Hall–Kier alpha value is -3.08. The van der Waals surface area contributed by atoms with Gasteiger partial charge >= 0.3 is 0 Å². The monoisotopic (exact) mass is 305 g/mol. The van der Waals surface area contributed by atoms with Crippen LogP contribution in [0.25, 0.3) is 10.9 Å². The van der Waals surface area contributed by atoms with Crippen LogP contribution in [0.1, 0.15) is 18.1 Å². The summed E-state index contributed by atoms with van der Waals surface area (Å²) in [6, 6.07) is 13.5. The van der Waals surface area contributed by atoms with Crippen molar-refractivity contribution in [2.45, 2.75) is 13.3 Å². The van der Waals surface area contributed by atoms with Gasteiger partial charge in [0.05, 0.1) is 22.5 Å². The second-order valence-electron chi connectivity index (χ2n) is 5.65. The Morgan fingerprint density at radius 1 is 1.26 bits per heavy atom. The normalized spacial score (nSPS) is 13.0. The largest absolute Gasteiger partial charge is 0.494 e. The summed E-state index contributed by atoms with van der Waals surface area (Å²) in [4.78, 5) is 18.8. The molecule has 0 fully saturated rings. The molecule has 0 bridgehead atoms. The zero-order valence-corrected chi connectivity index (χ0v) is 12.6. The van der Waals surface area contributed by atoms with Gasteiger partial charge in [-0.05, 0) is 29.8 Å². The minimum Gasteiger partial charge on any atom is -0.494 e. The number of aromatic nitrogens is 1. The van der Waals surface area contributed by atoms with Crippen molar-refractivity contribution < 1.29 is 9.90 Å². The predicted molar refractivity (Wildman–Crippen MR) is 90.6 cm³/mol. The lowest BCUT2D eigenvalue weighted by Gasteiger charge is -2.03. The number of benzene rings is 2. The number of anilines is 1. The maximum Gasteiger partial charge on any atom is 0.221 e. The molecule has 0 unspecified atom stereocenters. The number of carbonyl (C=O) groups excluding carboxylic acids is 1. The number of rotatable bonds is 2. The van der Waals surface area contributed by atoms with Crippen molar-refractivity contribution >= 4 is 33.9 Å². The molecule has 4 rings (SSSR count). The molecule has 1 amide bonds. The Kier molecular flexibility index (Phi) is 2.94. The number of hydrogen-bond donors (Lipinski definition) is 3. The van der Waals surface area contributed by atoms with Crippen LogP contribution in [0, 0.1) is 0 Å². The highest BCUT2D eigenvalue weighted by Gasteiger charge is 2.22.